The molecule has 3 aromatic carbocycles. The van der Waals surface area contributed by atoms with Crippen molar-refractivity contribution in [2.45, 2.75) is 26.4 Å². The van der Waals surface area contributed by atoms with Crippen molar-refractivity contribution >= 4 is 17.7 Å². The van der Waals surface area contributed by atoms with Crippen molar-refractivity contribution in [3.63, 3.8) is 0 Å². The van der Waals surface area contributed by atoms with Gasteiger partial charge in [0.05, 0.1) is 0 Å². The number of rotatable bonds is 7. The number of nitrogens with one attached hydrogen (secondary N) is 1. The molecule has 1 heterocycles. The molecule has 0 saturated carbocycles. The molecule has 0 aliphatic carbocycles. The number of benzene rings is 3. The minimum Gasteiger partial charge on any atom is -0.550 e. The number of aliphatic carboxylic acids is 1. The Morgan fingerprint density at radius 3 is 2.11 bits per heavy atom. The summed E-state index contributed by atoms with van der Waals surface area (Å²) in [5, 5.41) is 17.5. The molecule has 0 bridgehead atoms. The first kappa shape index (κ1) is 26.2. The molecule has 1 atom stereocenters. The summed E-state index contributed by atoms with van der Waals surface area (Å²) in [4.78, 5) is 23.3. The summed E-state index contributed by atoms with van der Waals surface area (Å²) in [6, 6.07) is 24.3. The number of aromatic nitrogens is 1. The van der Waals surface area contributed by atoms with E-state index in [4.69, 9.17) is 9.26 Å². The summed E-state index contributed by atoms with van der Waals surface area (Å²) in [5.41, 5.74) is 5.19. The van der Waals surface area contributed by atoms with Crippen LogP contribution in [-0.2, 0) is 16.0 Å². The molecule has 0 fully saturated rings. The third-order valence-corrected chi connectivity index (χ3v) is 5.43. The number of amides is 1. The Labute approximate surface area is 225 Å². The van der Waals surface area contributed by atoms with Gasteiger partial charge < -0.3 is 19.2 Å². The van der Waals surface area contributed by atoms with Gasteiger partial charge in [-0.05, 0) is 36.1 Å². The van der Waals surface area contributed by atoms with Crippen molar-refractivity contribution in [1.82, 2.24) is 5.16 Å². The van der Waals surface area contributed by atoms with Crippen molar-refractivity contribution in [1.29, 1.82) is 0 Å². The second-order valence-electron chi connectivity index (χ2n) is 7.88. The predicted octanol–water partition coefficient (Wildman–Crippen LogP) is 1.92. The molecule has 1 aromatic heterocycles. The second kappa shape index (κ2) is 11.8. The molecule has 0 aliphatic rings. The molecule has 1 N–H and O–H groups in total. The Bertz CT molecular complexity index is 1290. The van der Waals surface area contributed by atoms with Crippen LogP contribution in [0.25, 0.3) is 22.5 Å². The van der Waals surface area contributed by atoms with E-state index in [1.165, 1.54) is 0 Å². The Morgan fingerprint density at radius 1 is 0.943 bits per heavy atom. The summed E-state index contributed by atoms with van der Waals surface area (Å²) >= 11 is 0. The van der Waals surface area contributed by atoms with Crippen molar-refractivity contribution in [3.8, 4) is 22.5 Å². The van der Waals surface area contributed by atoms with Gasteiger partial charge in [0.1, 0.15) is 17.5 Å². The number of anilines is 1. The van der Waals surface area contributed by atoms with Gasteiger partial charge >= 0.3 is 35.7 Å². The van der Waals surface area contributed by atoms with Gasteiger partial charge in [-0.1, -0.05) is 84.0 Å². The number of nitrogens with zero attached hydrogens (tertiary/aromatic N) is 1. The van der Waals surface area contributed by atoms with E-state index in [0.29, 0.717) is 22.7 Å². The summed E-state index contributed by atoms with van der Waals surface area (Å²) in [5.74, 6) is -0.681. The minimum atomic E-state index is -1.11. The first-order valence-corrected chi connectivity index (χ1v) is 10.8. The van der Waals surface area contributed by atoms with Gasteiger partial charge in [-0.3, -0.25) is 5.32 Å². The van der Waals surface area contributed by atoms with Crippen LogP contribution in [0.5, 0.6) is 0 Å². The molecule has 1 amide bonds. The monoisotopic (exact) mass is 478 g/mol. The fraction of sp³-hybridized carbons (Fsp3) is 0.148. The van der Waals surface area contributed by atoms with E-state index < -0.39 is 18.2 Å². The quantitative estimate of drug-likeness (QED) is 0.407. The van der Waals surface area contributed by atoms with Crippen LogP contribution in [0.4, 0.5) is 10.5 Å². The summed E-state index contributed by atoms with van der Waals surface area (Å²) in [6.45, 7) is 3.55. The van der Waals surface area contributed by atoms with Crippen LogP contribution in [0.1, 0.15) is 29.8 Å². The smallest absolute Gasteiger partial charge is 0.550 e. The van der Waals surface area contributed by atoms with E-state index in [1.54, 1.807) is 26.0 Å². The normalized spacial score (nSPS) is 11.3. The van der Waals surface area contributed by atoms with E-state index >= 15 is 0 Å². The molecule has 1 unspecified atom stereocenters. The molecule has 172 valence electrons. The van der Waals surface area contributed by atoms with Crippen molar-refractivity contribution in [2.24, 2.45) is 0 Å². The van der Waals surface area contributed by atoms with Gasteiger partial charge in [-0.15, -0.1) is 0 Å². The van der Waals surface area contributed by atoms with Crippen LogP contribution in [0.2, 0.25) is 0 Å². The van der Waals surface area contributed by atoms with Crippen molar-refractivity contribution < 1.29 is 53.5 Å². The number of aryl methyl sites for hydroxylation is 1. The van der Waals surface area contributed by atoms with Gasteiger partial charge in [0.25, 0.3) is 0 Å². The molecule has 0 aliphatic heterocycles. The largest absolute Gasteiger partial charge is 1.00 e. The van der Waals surface area contributed by atoms with Crippen LogP contribution < -0.4 is 40.0 Å². The summed E-state index contributed by atoms with van der Waals surface area (Å²) < 4.78 is 11.0. The Morgan fingerprint density at radius 2 is 1.51 bits per heavy atom. The molecule has 7 nitrogen and oxygen atoms in total. The average molecular weight is 478 g/mol. The maximum atomic E-state index is 12.5. The molecule has 0 saturated heterocycles. The fourth-order valence-corrected chi connectivity index (χ4v) is 3.59. The molecule has 0 spiro atoms. The van der Waals surface area contributed by atoms with Crippen molar-refractivity contribution in [2.75, 3.05) is 5.32 Å². The number of hydrogen-bond donors (Lipinski definition) is 1. The number of ether oxygens (including phenoxy) is 1. The standard InChI is InChI=1S/C27H24N2O5.Na/c1-17-25(28-27(32)33-18(2)20-6-4-3-5-7-20)26(34-29-17)23-14-12-22(13-15-23)21-10-8-19(9-11-21)16-24(30)31;/h3-15,18H,16H2,1-2H3,(H,28,32)(H,30,31);/q;+1/p-1. The topological polar surface area (TPSA) is 104 Å². The van der Waals surface area contributed by atoms with E-state index in [0.717, 1.165) is 22.3 Å². The van der Waals surface area contributed by atoms with Crippen LogP contribution in [-0.4, -0.2) is 17.2 Å². The fourth-order valence-electron chi connectivity index (χ4n) is 3.59. The zero-order valence-electron chi connectivity index (χ0n) is 19.8. The molecular weight excluding hydrogens is 455 g/mol. The minimum absolute atomic E-state index is 0. The van der Waals surface area contributed by atoms with Crippen LogP contribution in [0, 0.1) is 6.92 Å². The first-order chi connectivity index (χ1) is 16.4. The predicted molar refractivity (Wildman–Crippen MR) is 126 cm³/mol. The van der Waals surface area contributed by atoms with Gasteiger partial charge in [0.15, 0.2) is 5.76 Å². The third kappa shape index (κ3) is 6.60. The Kier molecular flexibility index (Phi) is 8.87. The van der Waals surface area contributed by atoms with Gasteiger partial charge in [0.2, 0.25) is 0 Å². The van der Waals surface area contributed by atoms with Gasteiger partial charge in [-0.25, -0.2) is 4.79 Å². The summed E-state index contributed by atoms with van der Waals surface area (Å²) in [6.07, 6.45) is -1.13. The molecule has 4 aromatic rings. The van der Waals surface area contributed by atoms with Gasteiger partial charge in [-0.2, -0.15) is 0 Å². The SMILES string of the molecule is Cc1noc(-c2ccc(-c3ccc(CC(=O)[O-])cc3)cc2)c1NC(=O)OC(C)c1ccccc1.[Na+]. The van der Waals surface area contributed by atoms with E-state index in [2.05, 4.69) is 10.5 Å². The molecule has 0 radical (unpaired) electrons. The first-order valence-electron chi connectivity index (χ1n) is 10.8. The van der Waals surface area contributed by atoms with Crippen molar-refractivity contribution in [3.05, 3.63) is 95.7 Å². The van der Waals surface area contributed by atoms with E-state index in [1.807, 2.05) is 66.7 Å². The maximum Gasteiger partial charge on any atom is 1.00 e. The number of carboxylic acids is 1. The van der Waals surface area contributed by atoms with Crippen LogP contribution >= 0.6 is 0 Å². The van der Waals surface area contributed by atoms with Crippen LogP contribution in [0.15, 0.2) is 83.4 Å². The van der Waals surface area contributed by atoms with E-state index in [-0.39, 0.29) is 36.0 Å². The number of hydrogen-bond acceptors (Lipinski definition) is 6. The number of carboxylic acid groups (broad SMARTS) is 1. The number of carbonyl (C=O) groups is 2. The van der Waals surface area contributed by atoms with E-state index in [9.17, 15) is 14.7 Å². The molecule has 35 heavy (non-hydrogen) atoms. The average Bonchev–Trinajstić information content (AvgIpc) is 3.19. The molecule has 4 rings (SSSR count). The second-order valence-corrected chi connectivity index (χ2v) is 7.88. The zero-order chi connectivity index (χ0) is 24.1. The number of carbonyl (C=O) groups excluding carboxylic acids is 2. The van der Waals surface area contributed by atoms with Crippen LogP contribution in [0.3, 0.4) is 0 Å². The molecule has 8 heteroatoms. The summed E-state index contributed by atoms with van der Waals surface area (Å²) in [7, 11) is 0. The van der Waals surface area contributed by atoms with Gasteiger partial charge in [0, 0.05) is 18.0 Å². The Balaban J connectivity index is 0.00000342. The zero-order valence-corrected chi connectivity index (χ0v) is 21.8. The Hall–Kier alpha value is -3.39. The third-order valence-electron chi connectivity index (χ3n) is 5.43. The molecular formula is C27H23N2NaO5. The maximum absolute atomic E-state index is 12.5.